The van der Waals surface area contributed by atoms with Crippen LogP contribution < -0.4 is 5.32 Å². The van der Waals surface area contributed by atoms with Crippen LogP contribution in [-0.4, -0.2) is 13.1 Å². The molecule has 0 saturated carbocycles. The normalized spacial score (nSPS) is 12.2. The Morgan fingerprint density at radius 2 is 2.05 bits per heavy atom. The lowest BCUT2D eigenvalue weighted by Crippen LogP contribution is -2.17. The van der Waals surface area contributed by atoms with Crippen LogP contribution in [0.25, 0.3) is 0 Å². The summed E-state index contributed by atoms with van der Waals surface area (Å²) in [6.07, 6.45) is 0. The highest BCUT2D eigenvalue weighted by molar-refractivity contribution is 5.90. The molecule has 0 aliphatic carbocycles. The Kier molecular flexibility index (Phi) is 4.75. The van der Waals surface area contributed by atoms with E-state index in [4.69, 9.17) is 4.42 Å². The van der Waals surface area contributed by atoms with Gasteiger partial charge in [-0.05, 0) is 37.6 Å². The van der Waals surface area contributed by atoms with Crippen LogP contribution in [0.2, 0.25) is 0 Å². The van der Waals surface area contributed by atoms with Crippen molar-refractivity contribution >= 4 is 5.97 Å². The predicted octanol–water partition coefficient (Wildman–Crippen LogP) is 3.36. The van der Waals surface area contributed by atoms with Gasteiger partial charge in [0.15, 0.2) is 0 Å². The van der Waals surface area contributed by atoms with Crippen LogP contribution >= 0.6 is 0 Å². The van der Waals surface area contributed by atoms with Crippen LogP contribution in [0.5, 0.6) is 0 Å². The molecule has 0 saturated heterocycles. The number of ether oxygens (including phenoxy) is 1. The fraction of sp³-hybridized carbons (Fsp3) is 0.312. The quantitative estimate of drug-likeness (QED) is 0.858. The van der Waals surface area contributed by atoms with Gasteiger partial charge in [-0.25, -0.2) is 9.18 Å². The third-order valence-electron chi connectivity index (χ3n) is 3.33. The Morgan fingerprint density at radius 3 is 2.67 bits per heavy atom. The van der Waals surface area contributed by atoms with Crippen molar-refractivity contribution in [3.63, 3.8) is 0 Å². The van der Waals surface area contributed by atoms with Crippen molar-refractivity contribution in [2.75, 3.05) is 7.11 Å². The Balaban J connectivity index is 1.99. The lowest BCUT2D eigenvalue weighted by molar-refractivity contribution is 0.0599. The summed E-state index contributed by atoms with van der Waals surface area (Å²) < 4.78 is 23.1. The molecule has 0 amide bonds. The highest BCUT2D eigenvalue weighted by Crippen LogP contribution is 2.18. The first-order valence-corrected chi connectivity index (χ1v) is 6.67. The zero-order chi connectivity index (χ0) is 15.4. The zero-order valence-corrected chi connectivity index (χ0v) is 12.3. The number of halogens is 1. The van der Waals surface area contributed by atoms with E-state index in [0.717, 1.165) is 5.56 Å². The molecule has 1 heterocycles. The minimum Gasteiger partial charge on any atom is -0.465 e. The van der Waals surface area contributed by atoms with Gasteiger partial charge >= 0.3 is 5.97 Å². The maximum Gasteiger partial charge on any atom is 0.341 e. The maximum absolute atomic E-state index is 12.9. The van der Waals surface area contributed by atoms with Crippen LogP contribution in [0.3, 0.4) is 0 Å². The number of rotatable bonds is 5. The van der Waals surface area contributed by atoms with E-state index in [1.54, 1.807) is 25.1 Å². The van der Waals surface area contributed by atoms with Crippen molar-refractivity contribution in [1.82, 2.24) is 5.32 Å². The summed E-state index contributed by atoms with van der Waals surface area (Å²) >= 11 is 0. The second-order valence-corrected chi connectivity index (χ2v) is 4.83. The van der Waals surface area contributed by atoms with E-state index in [9.17, 15) is 9.18 Å². The van der Waals surface area contributed by atoms with E-state index < -0.39 is 5.97 Å². The van der Waals surface area contributed by atoms with Crippen molar-refractivity contribution in [3.05, 3.63) is 58.8 Å². The fourth-order valence-electron chi connectivity index (χ4n) is 2.07. The van der Waals surface area contributed by atoms with Gasteiger partial charge in [0.1, 0.15) is 22.9 Å². The van der Waals surface area contributed by atoms with Crippen molar-refractivity contribution in [3.8, 4) is 0 Å². The summed E-state index contributed by atoms with van der Waals surface area (Å²) in [5.41, 5.74) is 1.41. The molecule has 1 aromatic carbocycles. The first kappa shape index (κ1) is 15.3. The molecule has 0 aliphatic rings. The first-order chi connectivity index (χ1) is 10.0. The number of carbonyl (C=O) groups excluding carboxylic acids is 1. The van der Waals surface area contributed by atoms with Gasteiger partial charge in [0.25, 0.3) is 0 Å². The summed E-state index contributed by atoms with van der Waals surface area (Å²) in [6.45, 7) is 4.17. The van der Waals surface area contributed by atoms with E-state index in [1.807, 2.05) is 6.92 Å². The standard InChI is InChI=1S/C16H18FNO3/c1-10(12-4-6-13(17)7-5-12)18-9-14-8-15(11(2)21-14)16(19)20-3/h4-8,10,18H,9H2,1-3H3/t10-/m0/s1. The van der Waals surface area contributed by atoms with E-state index in [1.165, 1.54) is 19.2 Å². The minimum absolute atomic E-state index is 0.0394. The lowest BCUT2D eigenvalue weighted by atomic mass is 10.1. The third kappa shape index (κ3) is 3.70. The predicted molar refractivity (Wildman–Crippen MR) is 76.4 cm³/mol. The Labute approximate surface area is 122 Å². The maximum atomic E-state index is 12.9. The van der Waals surface area contributed by atoms with Gasteiger partial charge in [-0.3, -0.25) is 0 Å². The molecular formula is C16H18FNO3. The fourth-order valence-corrected chi connectivity index (χ4v) is 2.07. The number of benzene rings is 1. The third-order valence-corrected chi connectivity index (χ3v) is 3.33. The molecule has 112 valence electrons. The molecule has 1 N–H and O–H groups in total. The van der Waals surface area contributed by atoms with Crippen LogP contribution in [-0.2, 0) is 11.3 Å². The molecule has 21 heavy (non-hydrogen) atoms. The lowest BCUT2D eigenvalue weighted by Gasteiger charge is -2.13. The van der Waals surface area contributed by atoms with Crippen molar-refractivity contribution in [1.29, 1.82) is 0 Å². The van der Waals surface area contributed by atoms with Crippen LogP contribution in [0.4, 0.5) is 4.39 Å². The number of esters is 1. The molecule has 0 aliphatic heterocycles. The molecule has 0 radical (unpaired) electrons. The van der Waals surface area contributed by atoms with Gasteiger partial charge in [-0.1, -0.05) is 12.1 Å². The molecule has 2 rings (SSSR count). The number of hydrogen-bond acceptors (Lipinski definition) is 4. The Hall–Kier alpha value is -2.14. The molecule has 0 unspecified atom stereocenters. The van der Waals surface area contributed by atoms with E-state index in [-0.39, 0.29) is 11.9 Å². The Morgan fingerprint density at radius 1 is 1.38 bits per heavy atom. The topological polar surface area (TPSA) is 51.5 Å². The monoisotopic (exact) mass is 291 g/mol. The van der Waals surface area contributed by atoms with E-state index in [2.05, 4.69) is 10.1 Å². The van der Waals surface area contributed by atoms with Gasteiger partial charge in [0.2, 0.25) is 0 Å². The number of hydrogen-bond donors (Lipinski definition) is 1. The molecular weight excluding hydrogens is 273 g/mol. The molecule has 1 atom stereocenters. The summed E-state index contributed by atoms with van der Waals surface area (Å²) in [5, 5.41) is 3.26. The first-order valence-electron chi connectivity index (χ1n) is 6.67. The second-order valence-electron chi connectivity index (χ2n) is 4.83. The molecule has 2 aromatic rings. The number of aryl methyl sites for hydroxylation is 1. The Bertz CT molecular complexity index is 619. The van der Waals surface area contributed by atoms with Gasteiger partial charge in [-0.2, -0.15) is 0 Å². The van der Waals surface area contributed by atoms with E-state index in [0.29, 0.717) is 23.6 Å². The van der Waals surface area contributed by atoms with Crippen molar-refractivity contribution in [2.45, 2.75) is 26.4 Å². The minimum atomic E-state index is -0.408. The molecule has 0 bridgehead atoms. The van der Waals surface area contributed by atoms with Crippen molar-refractivity contribution in [2.24, 2.45) is 0 Å². The molecule has 0 fully saturated rings. The summed E-state index contributed by atoms with van der Waals surface area (Å²) in [7, 11) is 1.34. The average Bonchev–Trinajstić information content (AvgIpc) is 2.86. The van der Waals surface area contributed by atoms with E-state index >= 15 is 0 Å². The highest BCUT2D eigenvalue weighted by atomic mass is 19.1. The highest BCUT2D eigenvalue weighted by Gasteiger charge is 2.15. The number of nitrogens with one attached hydrogen (secondary N) is 1. The van der Waals surface area contributed by atoms with Gasteiger partial charge in [-0.15, -0.1) is 0 Å². The van der Waals surface area contributed by atoms with Gasteiger partial charge in [0.05, 0.1) is 13.7 Å². The number of furan rings is 1. The molecule has 5 heteroatoms. The smallest absolute Gasteiger partial charge is 0.341 e. The largest absolute Gasteiger partial charge is 0.465 e. The average molecular weight is 291 g/mol. The SMILES string of the molecule is COC(=O)c1cc(CN[C@@H](C)c2ccc(F)cc2)oc1C. The van der Waals surface area contributed by atoms with Crippen LogP contribution in [0.1, 0.15) is 40.4 Å². The van der Waals surface area contributed by atoms with Crippen LogP contribution in [0.15, 0.2) is 34.7 Å². The number of methoxy groups -OCH3 is 1. The van der Waals surface area contributed by atoms with Gasteiger partial charge in [0, 0.05) is 6.04 Å². The molecule has 0 spiro atoms. The summed E-state index contributed by atoms with van der Waals surface area (Å²) in [4.78, 5) is 11.5. The number of carbonyl (C=O) groups is 1. The van der Waals surface area contributed by atoms with Gasteiger partial charge < -0.3 is 14.5 Å². The van der Waals surface area contributed by atoms with Crippen molar-refractivity contribution < 1.29 is 18.3 Å². The molecule has 4 nitrogen and oxygen atoms in total. The summed E-state index contributed by atoms with van der Waals surface area (Å²) in [6, 6.07) is 8.05. The second kappa shape index (κ2) is 6.54. The molecule has 1 aromatic heterocycles. The van der Waals surface area contributed by atoms with Crippen LogP contribution in [0, 0.1) is 12.7 Å². The zero-order valence-electron chi connectivity index (χ0n) is 12.3. The summed E-state index contributed by atoms with van der Waals surface area (Å²) in [5.74, 6) is 0.527.